The molecule has 1 amide bonds. The molecule has 1 heterocycles. The second-order valence-corrected chi connectivity index (χ2v) is 5.97. The summed E-state index contributed by atoms with van der Waals surface area (Å²) in [6.45, 7) is 0.920. The summed E-state index contributed by atoms with van der Waals surface area (Å²) in [6, 6.07) is 6.82. The molecular formula is C15H16ClN3O. The van der Waals surface area contributed by atoms with Gasteiger partial charge >= 0.3 is 0 Å². The quantitative estimate of drug-likeness (QED) is 0.879. The lowest BCUT2D eigenvalue weighted by atomic mass is 9.93. The Labute approximate surface area is 123 Å². The molecule has 3 unspecified atom stereocenters. The first kappa shape index (κ1) is 13.4. The first-order valence-corrected chi connectivity index (χ1v) is 7.31. The van der Waals surface area contributed by atoms with Gasteiger partial charge in [-0.2, -0.15) is 5.26 Å². The lowest BCUT2D eigenvalue weighted by Crippen LogP contribution is -2.39. The highest BCUT2D eigenvalue weighted by molar-refractivity contribution is 6.31. The van der Waals surface area contributed by atoms with Crippen molar-refractivity contribution in [1.29, 1.82) is 5.26 Å². The van der Waals surface area contributed by atoms with Crippen LogP contribution in [0.2, 0.25) is 5.02 Å². The first-order chi connectivity index (χ1) is 9.69. The number of hydrogen-bond donors (Lipinski definition) is 2. The average molecular weight is 290 g/mol. The van der Waals surface area contributed by atoms with Crippen LogP contribution in [0.25, 0.3) is 0 Å². The van der Waals surface area contributed by atoms with E-state index in [9.17, 15) is 4.79 Å². The molecule has 2 fully saturated rings. The highest BCUT2D eigenvalue weighted by Gasteiger charge is 2.42. The highest BCUT2D eigenvalue weighted by Crippen LogP contribution is 2.38. The van der Waals surface area contributed by atoms with Gasteiger partial charge < -0.3 is 10.6 Å². The maximum atomic E-state index is 12.4. The Balaban J connectivity index is 1.76. The Hall–Kier alpha value is -1.57. The molecule has 1 saturated carbocycles. The minimum Gasteiger partial charge on any atom is -0.323 e. The topological polar surface area (TPSA) is 64.9 Å². The molecule has 3 rings (SSSR count). The summed E-state index contributed by atoms with van der Waals surface area (Å²) in [6.07, 6.45) is 3.53. The number of nitrogens with zero attached hydrogens (tertiary/aromatic N) is 1. The Morgan fingerprint density at radius 2 is 2.30 bits per heavy atom. The van der Waals surface area contributed by atoms with Gasteiger partial charge in [0.05, 0.1) is 17.3 Å². The van der Waals surface area contributed by atoms with Crippen molar-refractivity contribution in [3.8, 4) is 6.07 Å². The van der Waals surface area contributed by atoms with E-state index in [1.54, 1.807) is 18.2 Å². The van der Waals surface area contributed by atoms with Crippen LogP contribution in [-0.4, -0.2) is 18.5 Å². The predicted molar refractivity (Wildman–Crippen MR) is 77.4 cm³/mol. The molecule has 1 aliphatic heterocycles. The summed E-state index contributed by atoms with van der Waals surface area (Å²) in [5, 5.41) is 15.7. The third kappa shape index (κ3) is 2.39. The average Bonchev–Trinajstić information content (AvgIpc) is 3.01. The molecule has 0 bridgehead atoms. The third-order valence-electron chi connectivity index (χ3n) is 4.39. The number of benzene rings is 1. The minimum absolute atomic E-state index is 0.0573. The fourth-order valence-electron chi connectivity index (χ4n) is 3.40. The standard InChI is InChI=1S/C15H16ClN3O/c16-11-5-4-9(7-17)13(6-11)19-15(20)14-12-3-1-2-10(12)8-18-14/h4-6,10,12,14,18H,1-3,8H2,(H,19,20). The van der Waals surface area contributed by atoms with Crippen molar-refractivity contribution >= 4 is 23.2 Å². The van der Waals surface area contributed by atoms with E-state index in [2.05, 4.69) is 16.7 Å². The number of nitriles is 1. The molecule has 1 aromatic rings. The van der Waals surface area contributed by atoms with Crippen LogP contribution in [0.4, 0.5) is 5.69 Å². The number of halogens is 1. The van der Waals surface area contributed by atoms with Crippen molar-refractivity contribution < 1.29 is 4.79 Å². The van der Waals surface area contributed by atoms with Crippen LogP contribution in [0, 0.1) is 23.2 Å². The largest absolute Gasteiger partial charge is 0.323 e. The van der Waals surface area contributed by atoms with Crippen molar-refractivity contribution in [2.75, 3.05) is 11.9 Å². The van der Waals surface area contributed by atoms with Gasteiger partial charge in [0.15, 0.2) is 0 Å². The zero-order chi connectivity index (χ0) is 14.1. The van der Waals surface area contributed by atoms with Crippen LogP contribution < -0.4 is 10.6 Å². The fraction of sp³-hybridized carbons (Fsp3) is 0.467. The second kappa shape index (κ2) is 5.43. The van der Waals surface area contributed by atoms with Crippen LogP contribution >= 0.6 is 11.6 Å². The Morgan fingerprint density at radius 3 is 3.10 bits per heavy atom. The van der Waals surface area contributed by atoms with E-state index in [4.69, 9.17) is 16.9 Å². The molecule has 0 spiro atoms. The monoisotopic (exact) mass is 289 g/mol. The number of carbonyl (C=O) groups is 1. The van der Waals surface area contributed by atoms with Gasteiger partial charge in [0.25, 0.3) is 0 Å². The minimum atomic E-state index is -0.145. The third-order valence-corrected chi connectivity index (χ3v) is 4.62. The van der Waals surface area contributed by atoms with Gasteiger partial charge in [0, 0.05) is 5.02 Å². The van der Waals surface area contributed by atoms with E-state index >= 15 is 0 Å². The summed E-state index contributed by atoms with van der Waals surface area (Å²) in [7, 11) is 0. The second-order valence-electron chi connectivity index (χ2n) is 5.53. The lowest BCUT2D eigenvalue weighted by molar-refractivity contribution is -0.118. The van der Waals surface area contributed by atoms with E-state index in [1.807, 2.05) is 0 Å². The van der Waals surface area contributed by atoms with Gasteiger partial charge in [0.2, 0.25) is 5.91 Å². The smallest absolute Gasteiger partial charge is 0.241 e. The van der Waals surface area contributed by atoms with Gasteiger partial charge in [-0.1, -0.05) is 18.0 Å². The molecule has 4 nitrogen and oxygen atoms in total. The van der Waals surface area contributed by atoms with E-state index in [0.717, 1.165) is 13.0 Å². The molecule has 2 N–H and O–H groups in total. The van der Waals surface area contributed by atoms with Crippen molar-refractivity contribution in [3.05, 3.63) is 28.8 Å². The predicted octanol–water partition coefficient (Wildman–Crippen LogP) is 2.54. The van der Waals surface area contributed by atoms with Crippen LogP contribution in [0.3, 0.4) is 0 Å². The van der Waals surface area contributed by atoms with Crippen LogP contribution in [-0.2, 0) is 4.79 Å². The molecule has 20 heavy (non-hydrogen) atoms. The first-order valence-electron chi connectivity index (χ1n) is 6.93. The molecule has 1 aromatic carbocycles. The van der Waals surface area contributed by atoms with Crippen molar-refractivity contribution in [2.45, 2.75) is 25.3 Å². The zero-order valence-corrected chi connectivity index (χ0v) is 11.8. The summed E-state index contributed by atoms with van der Waals surface area (Å²) >= 11 is 5.93. The van der Waals surface area contributed by atoms with E-state index in [1.165, 1.54) is 12.8 Å². The molecular weight excluding hydrogens is 274 g/mol. The van der Waals surface area contributed by atoms with Crippen molar-refractivity contribution in [3.63, 3.8) is 0 Å². The normalized spacial score (nSPS) is 27.9. The van der Waals surface area contributed by atoms with Gasteiger partial charge in [-0.3, -0.25) is 4.79 Å². The van der Waals surface area contributed by atoms with E-state index < -0.39 is 0 Å². The number of nitrogens with one attached hydrogen (secondary N) is 2. The van der Waals surface area contributed by atoms with Gasteiger partial charge in [-0.05, 0) is 49.4 Å². The molecule has 0 radical (unpaired) electrons. The molecule has 3 atom stereocenters. The zero-order valence-electron chi connectivity index (χ0n) is 11.0. The Bertz CT molecular complexity index is 581. The van der Waals surface area contributed by atoms with Crippen LogP contribution in [0.5, 0.6) is 0 Å². The van der Waals surface area contributed by atoms with Crippen molar-refractivity contribution in [2.24, 2.45) is 11.8 Å². The maximum Gasteiger partial charge on any atom is 0.241 e. The number of anilines is 1. The van der Waals surface area contributed by atoms with E-state index in [0.29, 0.717) is 28.1 Å². The summed E-state index contributed by atoms with van der Waals surface area (Å²) in [5.74, 6) is 0.999. The highest BCUT2D eigenvalue weighted by atomic mass is 35.5. The molecule has 2 aliphatic rings. The lowest BCUT2D eigenvalue weighted by Gasteiger charge is -2.18. The molecule has 5 heteroatoms. The summed E-state index contributed by atoms with van der Waals surface area (Å²) < 4.78 is 0. The number of fused-ring (bicyclic) bond motifs is 1. The summed E-state index contributed by atoms with van der Waals surface area (Å²) in [5.41, 5.74) is 0.928. The Kier molecular flexibility index (Phi) is 3.64. The fourth-order valence-corrected chi connectivity index (χ4v) is 3.57. The van der Waals surface area contributed by atoms with Crippen LogP contribution in [0.15, 0.2) is 18.2 Å². The number of carbonyl (C=O) groups excluding carboxylic acids is 1. The Morgan fingerprint density at radius 1 is 1.45 bits per heavy atom. The van der Waals surface area contributed by atoms with Crippen LogP contribution in [0.1, 0.15) is 24.8 Å². The van der Waals surface area contributed by atoms with E-state index in [-0.39, 0.29) is 11.9 Å². The number of hydrogen-bond acceptors (Lipinski definition) is 3. The summed E-state index contributed by atoms with van der Waals surface area (Å²) in [4.78, 5) is 12.4. The molecule has 1 saturated heterocycles. The van der Waals surface area contributed by atoms with Gasteiger partial charge in [0.1, 0.15) is 6.07 Å². The van der Waals surface area contributed by atoms with Gasteiger partial charge in [-0.15, -0.1) is 0 Å². The number of amides is 1. The molecule has 1 aliphatic carbocycles. The molecule has 104 valence electrons. The van der Waals surface area contributed by atoms with Gasteiger partial charge in [-0.25, -0.2) is 0 Å². The SMILES string of the molecule is N#Cc1ccc(Cl)cc1NC(=O)C1NCC2CCCC21. The molecule has 0 aromatic heterocycles. The van der Waals surface area contributed by atoms with Crippen molar-refractivity contribution in [1.82, 2.24) is 5.32 Å². The number of rotatable bonds is 2. The maximum absolute atomic E-state index is 12.4.